The summed E-state index contributed by atoms with van der Waals surface area (Å²) in [5, 5.41) is 11.0. The number of likely N-dealkylation sites (N-methyl/N-ethyl adjacent to an activating group) is 1. The number of hydrogen-bond donors (Lipinski definition) is 1. The molecular weight excluding hydrogens is 336 g/mol. The Bertz CT molecular complexity index is 906. The fraction of sp³-hybridized carbons (Fsp3) is 0.263. The first-order chi connectivity index (χ1) is 12.6. The Hall–Kier alpha value is -3.06. The molecule has 0 fully saturated rings. The van der Waals surface area contributed by atoms with Crippen molar-refractivity contribution in [3.8, 4) is 11.5 Å². The molecular formula is C19H20N2O5. The second kappa shape index (κ2) is 7.88. The van der Waals surface area contributed by atoms with E-state index >= 15 is 0 Å². The van der Waals surface area contributed by atoms with Crippen LogP contribution in [-0.2, 0) is 6.61 Å². The Morgan fingerprint density at radius 3 is 2.65 bits per heavy atom. The highest BCUT2D eigenvalue weighted by atomic mass is 16.5. The number of aliphatic hydroxyl groups excluding tert-OH is 1. The number of rotatable bonds is 7. The molecule has 0 spiro atoms. The molecule has 0 saturated carbocycles. The monoisotopic (exact) mass is 356 g/mol. The highest BCUT2D eigenvalue weighted by molar-refractivity contribution is 5.91. The fourth-order valence-electron chi connectivity index (χ4n) is 2.49. The van der Waals surface area contributed by atoms with Crippen LogP contribution in [0.3, 0.4) is 0 Å². The number of fused-ring (bicyclic) bond motifs is 1. The van der Waals surface area contributed by atoms with Gasteiger partial charge in [0.2, 0.25) is 5.89 Å². The normalized spacial score (nSPS) is 10.7. The quantitative estimate of drug-likeness (QED) is 0.700. The molecule has 7 nitrogen and oxygen atoms in total. The first kappa shape index (κ1) is 17.8. The van der Waals surface area contributed by atoms with Crippen LogP contribution in [0.1, 0.15) is 16.4 Å². The third-order valence-corrected chi connectivity index (χ3v) is 3.93. The third kappa shape index (κ3) is 3.94. The first-order valence-electron chi connectivity index (χ1n) is 8.12. The van der Waals surface area contributed by atoms with Crippen LogP contribution in [0.15, 0.2) is 47.1 Å². The largest absolute Gasteiger partial charge is 0.497 e. The maximum Gasteiger partial charge on any atom is 0.275 e. The Labute approximate surface area is 150 Å². The van der Waals surface area contributed by atoms with Gasteiger partial charge in [0, 0.05) is 13.6 Å². The number of amides is 1. The molecule has 3 rings (SSSR count). The molecule has 0 bridgehead atoms. The number of carbonyl (C=O) groups is 1. The van der Waals surface area contributed by atoms with Crippen molar-refractivity contribution < 1.29 is 23.8 Å². The van der Waals surface area contributed by atoms with E-state index in [9.17, 15) is 4.79 Å². The van der Waals surface area contributed by atoms with Gasteiger partial charge in [0.1, 0.15) is 17.8 Å². The highest BCUT2D eigenvalue weighted by Crippen LogP contribution is 2.25. The van der Waals surface area contributed by atoms with Crippen molar-refractivity contribution in [1.82, 2.24) is 9.88 Å². The van der Waals surface area contributed by atoms with E-state index in [0.717, 1.165) is 16.5 Å². The molecule has 0 atom stereocenters. The van der Waals surface area contributed by atoms with Crippen LogP contribution in [0.5, 0.6) is 11.5 Å². The molecule has 0 aliphatic heterocycles. The summed E-state index contributed by atoms with van der Waals surface area (Å²) < 4.78 is 16.2. The van der Waals surface area contributed by atoms with Crippen molar-refractivity contribution in [2.45, 2.75) is 6.61 Å². The van der Waals surface area contributed by atoms with Crippen LogP contribution in [0.2, 0.25) is 0 Å². The topological polar surface area (TPSA) is 85.0 Å². The van der Waals surface area contributed by atoms with E-state index in [-0.39, 0.29) is 31.4 Å². The summed E-state index contributed by atoms with van der Waals surface area (Å²) in [7, 11) is 3.22. The standard InChI is InChI=1S/C19H20N2O5/c1-21(7-8-22)19(23)17-11-26-18(20-17)12-25-16-6-4-13-3-5-15(24-2)9-14(13)10-16/h3-6,9-11,22H,7-8,12H2,1-2H3. The number of aliphatic hydroxyl groups is 1. The van der Waals surface area contributed by atoms with Gasteiger partial charge in [-0.25, -0.2) is 4.98 Å². The van der Waals surface area contributed by atoms with E-state index in [1.54, 1.807) is 14.2 Å². The predicted octanol–water partition coefficient (Wildman–Crippen LogP) is 2.48. The van der Waals surface area contributed by atoms with Crippen LogP contribution in [-0.4, -0.2) is 48.2 Å². The van der Waals surface area contributed by atoms with Crippen LogP contribution >= 0.6 is 0 Å². The van der Waals surface area contributed by atoms with E-state index in [2.05, 4.69) is 4.98 Å². The summed E-state index contributed by atoms with van der Waals surface area (Å²) in [6.07, 6.45) is 1.29. The maximum absolute atomic E-state index is 12.1. The minimum atomic E-state index is -0.313. The molecule has 2 aromatic carbocycles. The lowest BCUT2D eigenvalue weighted by molar-refractivity contribution is 0.0761. The number of ether oxygens (including phenoxy) is 2. The van der Waals surface area contributed by atoms with E-state index < -0.39 is 0 Å². The summed E-state index contributed by atoms with van der Waals surface area (Å²) in [6.45, 7) is 0.230. The lowest BCUT2D eigenvalue weighted by atomic mass is 10.1. The van der Waals surface area contributed by atoms with Gasteiger partial charge in [-0.3, -0.25) is 4.79 Å². The third-order valence-electron chi connectivity index (χ3n) is 3.93. The van der Waals surface area contributed by atoms with Crippen LogP contribution in [0.25, 0.3) is 10.8 Å². The number of hydrogen-bond acceptors (Lipinski definition) is 6. The zero-order chi connectivity index (χ0) is 18.5. The van der Waals surface area contributed by atoms with E-state index in [1.807, 2.05) is 36.4 Å². The van der Waals surface area contributed by atoms with Gasteiger partial charge in [-0.15, -0.1) is 0 Å². The first-order valence-corrected chi connectivity index (χ1v) is 8.12. The van der Waals surface area contributed by atoms with Gasteiger partial charge in [-0.1, -0.05) is 12.1 Å². The predicted molar refractivity (Wildman–Crippen MR) is 95.4 cm³/mol. The van der Waals surface area contributed by atoms with Crippen molar-refractivity contribution in [1.29, 1.82) is 0 Å². The molecule has 26 heavy (non-hydrogen) atoms. The van der Waals surface area contributed by atoms with E-state index in [4.69, 9.17) is 19.0 Å². The zero-order valence-corrected chi connectivity index (χ0v) is 14.6. The molecule has 0 aliphatic rings. The van der Waals surface area contributed by atoms with Crippen molar-refractivity contribution in [3.05, 3.63) is 54.2 Å². The summed E-state index contributed by atoms with van der Waals surface area (Å²) in [5.74, 6) is 1.43. The number of oxazole rings is 1. The Morgan fingerprint density at radius 2 is 1.92 bits per heavy atom. The second-order valence-corrected chi connectivity index (χ2v) is 5.74. The van der Waals surface area contributed by atoms with Crippen molar-refractivity contribution in [2.24, 2.45) is 0 Å². The maximum atomic E-state index is 12.1. The van der Waals surface area contributed by atoms with Crippen molar-refractivity contribution in [2.75, 3.05) is 27.3 Å². The summed E-state index contributed by atoms with van der Waals surface area (Å²) >= 11 is 0. The Balaban J connectivity index is 1.67. The van der Waals surface area contributed by atoms with Gasteiger partial charge in [0.05, 0.1) is 13.7 Å². The minimum absolute atomic E-state index is 0.104. The van der Waals surface area contributed by atoms with Crippen LogP contribution in [0.4, 0.5) is 0 Å². The van der Waals surface area contributed by atoms with Crippen LogP contribution < -0.4 is 9.47 Å². The molecule has 1 aromatic heterocycles. The van der Waals surface area contributed by atoms with Gasteiger partial charge < -0.3 is 23.9 Å². The van der Waals surface area contributed by atoms with Gasteiger partial charge >= 0.3 is 0 Å². The summed E-state index contributed by atoms with van der Waals surface area (Å²) in [4.78, 5) is 17.6. The molecule has 136 valence electrons. The number of aromatic nitrogens is 1. The molecule has 1 heterocycles. The summed E-state index contributed by atoms with van der Waals surface area (Å²) in [6, 6.07) is 11.5. The highest BCUT2D eigenvalue weighted by Gasteiger charge is 2.16. The minimum Gasteiger partial charge on any atom is -0.497 e. The average Bonchev–Trinajstić information content (AvgIpc) is 3.14. The Kier molecular flexibility index (Phi) is 5.38. The number of methoxy groups -OCH3 is 1. The molecule has 1 amide bonds. The molecule has 0 aliphatic carbocycles. The smallest absolute Gasteiger partial charge is 0.275 e. The lowest BCUT2D eigenvalue weighted by Crippen LogP contribution is -2.29. The van der Waals surface area contributed by atoms with E-state index in [1.165, 1.54) is 11.2 Å². The van der Waals surface area contributed by atoms with Gasteiger partial charge in [-0.05, 0) is 35.0 Å². The zero-order valence-electron chi connectivity index (χ0n) is 14.6. The molecule has 3 aromatic rings. The molecule has 0 radical (unpaired) electrons. The van der Waals surface area contributed by atoms with E-state index in [0.29, 0.717) is 11.6 Å². The van der Waals surface area contributed by atoms with Gasteiger partial charge in [-0.2, -0.15) is 0 Å². The van der Waals surface area contributed by atoms with Gasteiger partial charge in [0.25, 0.3) is 5.91 Å². The lowest BCUT2D eigenvalue weighted by Gasteiger charge is -2.12. The number of carbonyl (C=O) groups excluding carboxylic acids is 1. The second-order valence-electron chi connectivity index (χ2n) is 5.74. The fourth-order valence-corrected chi connectivity index (χ4v) is 2.49. The Morgan fingerprint density at radius 1 is 1.19 bits per heavy atom. The van der Waals surface area contributed by atoms with Crippen molar-refractivity contribution >= 4 is 16.7 Å². The van der Waals surface area contributed by atoms with Gasteiger partial charge in [0.15, 0.2) is 12.3 Å². The molecule has 0 unspecified atom stereocenters. The SMILES string of the molecule is COc1ccc2ccc(OCc3nc(C(=O)N(C)CCO)co3)cc2c1. The van der Waals surface area contributed by atoms with Crippen molar-refractivity contribution in [3.63, 3.8) is 0 Å². The number of nitrogens with zero attached hydrogens (tertiary/aromatic N) is 2. The molecule has 7 heteroatoms. The molecule has 1 N–H and O–H groups in total. The molecule has 0 saturated heterocycles. The van der Waals surface area contributed by atoms with Crippen LogP contribution in [0, 0.1) is 0 Å². The summed E-state index contributed by atoms with van der Waals surface area (Å²) in [5.41, 5.74) is 0.183. The average molecular weight is 356 g/mol. The number of benzene rings is 2.